The first-order valence-corrected chi connectivity index (χ1v) is 7.73. The minimum Gasteiger partial charge on any atom is -0.489 e. The standard InChI is InChI=1S/C16H17BrClNO/c1-2-19-10-14-15(18)4-3-5-16(14)20-11-12-6-8-13(17)9-7-12/h3-9,19H,2,10-11H2,1H3. The number of benzene rings is 2. The largest absolute Gasteiger partial charge is 0.489 e. The molecule has 1 N–H and O–H groups in total. The first-order valence-electron chi connectivity index (χ1n) is 6.56. The van der Waals surface area contributed by atoms with E-state index in [0.717, 1.165) is 32.9 Å². The number of hydrogen-bond acceptors (Lipinski definition) is 2. The van der Waals surface area contributed by atoms with Gasteiger partial charge in [0.15, 0.2) is 0 Å². The molecule has 0 aliphatic carbocycles. The molecule has 0 fully saturated rings. The minimum absolute atomic E-state index is 0.534. The van der Waals surface area contributed by atoms with Crippen molar-refractivity contribution in [3.05, 3.63) is 63.1 Å². The molecule has 0 aromatic heterocycles. The molecule has 0 saturated heterocycles. The zero-order chi connectivity index (χ0) is 14.4. The van der Waals surface area contributed by atoms with Gasteiger partial charge in [0.05, 0.1) is 0 Å². The van der Waals surface area contributed by atoms with Crippen molar-refractivity contribution in [2.75, 3.05) is 6.54 Å². The number of nitrogens with one attached hydrogen (secondary N) is 1. The van der Waals surface area contributed by atoms with Crippen molar-refractivity contribution in [2.45, 2.75) is 20.1 Å². The second kappa shape index (κ2) is 7.67. The second-order valence-electron chi connectivity index (χ2n) is 4.41. The smallest absolute Gasteiger partial charge is 0.125 e. The molecule has 2 rings (SSSR count). The molecule has 2 aromatic rings. The lowest BCUT2D eigenvalue weighted by Gasteiger charge is -2.13. The van der Waals surface area contributed by atoms with Gasteiger partial charge in [-0.25, -0.2) is 0 Å². The van der Waals surface area contributed by atoms with E-state index in [1.165, 1.54) is 0 Å². The molecule has 0 atom stereocenters. The van der Waals surface area contributed by atoms with Crippen LogP contribution in [0.25, 0.3) is 0 Å². The molecular formula is C16H17BrClNO. The summed E-state index contributed by atoms with van der Waals surface area (Å²) in [6, 6.07) is 13.9. The Morgan fingerprint density at radius 2 is 1.90 bits per heavy atom. The van der Waals surface area contributed by atoms with Crippen LogP contribution in [0.15, 0.2) is 46.9 Å². The van der Waals surface area contributed by atoms with Gasteiger partial charge in [0, 0.05) is 21.6 Å². The van der Waals surface area contributed by atoms with E-state index in [2.05, 4.69) is 28.2 Å². The van der Waals surface area contributed by atoms with Gasteiger partial charge in [-0.05, 0) is 36.4 Å². The summed E-state index contributed by atoms with van der Waals surface area (Å²) >= 11 is 9.67. The van der Waals surface area contributed by atoms with Crippen LogP contribution in [0.4, 0.5) is 0 Å². The summed E-state index contributed by atoms with van der Waals surface area (Å²) in [7, 11) is 0. The van der Waals surface area contributed by atoms with Crippen LogP contribution in [0, 0.1) is 0 Å². The molecule has 0 heterocycles. The molecule has 4 heteroatoms. The van der Waals surface area contributed by atoms with Gasteiger partial charge in [0.1, 0.15) is 12.4 Å². The predicted octanol–water partition coefficient (Wildman–Crippen LogP) is 4.79. The van der Waals surface area contributed by atoms with Crippen molar-refractivity contribution in [1.29, 1.82) is 0 Å². The molecule has 0 amide bonds. The number of rotatable bonds is 6. The summed E-state index contributed by atoms with van der Waals surface area (Å²) in [5, 5.41) is 4.02. The van der Waals surface area contributed by atoms with E-state index < -0.39 is 0 Å². The Balaban J connectivity index is 2.08. The summed E-state index contributed by atoms with van der Waals surface area (Å²) < 4.78 is 6.97. The van der Waals surface area contributed by atoms with E-state index in [1.54, 1.807) is 0 Å². The Hall–Kier alpha value is -1.03. The van der Waals surface area contributed by atoms with E-state index in [9.17, 15) is 0 Å². The molecule has 0 radical (unpaired) electrons. The Morgan fingerprint density at radius 3 is 2.60 bits per heavy atom. The number of halogens is 2. The maximum atomic E-state index is 6.24. The van der Waals surface area contributed by atoms with Gasteiger partial charge in [-0.15, -0.1) is 0 Å². The maximum Gasteiger partial charge on any atom is 0.125 e. The van der Waals surface area contributed by atoms with Gasteiger partial charge in [-0.3, -0.25) is 0 Å². The predicted molar refractivity (Wildman–Crippen MR) is 87.3 cm³/mol. The third-order valence-electron chi connectivity index (χ3n) is 2.94. The maximum absolute atomic E-state index is 6.24. The van der Waals surface area contributed by atoms with Crippen molar-refractivity contribution < 1.29 is 4.74 Å². The molecular weight excluding hydrogens is 338 g/mol. The lowest BCUT2D eigenvalue weighted by atomic mass is 10.2. The van der Waals surface area contributed by atoms with E-state index in [-0.39, 0.29) is 0 Å². The van der Waals surface area contributed by atoms with Crippen molar-refractivity contribution in [2.24, 2.45) is 0 Å². The molecule has 0 bridgehead atoms. The van der Waals surface area contributed by atoms with E-state index in [4.69, 9.17) is 16.3 Å². The third-order valence-corrected chi connectivity index (χ3v) is 3.82. The van der Waals surface area contributed by atoms with Crippen LogP contribution in [0.1, 0.15) is 18.1 Å². The number of hydrogen-bond donors (Lipinski definition) is 1. The topological polar surface area (TPSA) is 21.3 Å². The van der Waals surface area contributed by atoms with Crippen LogP contribution in [0.3, 0.4) is 0 Å². The highest BCUT2D eigenvalue weighted by atomic mass is 79.9. The fourth-order valence-corrected chi connectivity index (χ4v) is 2.33. The molecule has 0 unspecified atom stereocenters. The van der Waals surface area contributed by atoms with Gasteiger partial charge in [-0.1, -0.05) is 52.7 Å². The van der Waals surface area contributed by atoms with Crippen LogP contribution in [0.5, 0.6) is 5.75 Å². The normalized spacial score (nSPS) is 10.6. The van der Waals surface area contributed by atoms with Gasteiger partial charge >= 0.3 is 0 Å². The fraction of sp³-hybridized carbons (Fsp3) is 0.250. The summed E-state index contributed by atoms with van der Waals surface area (Å²) in [6.07, 6.45) is 0. The first-order chi connectivity index (χ1) is 9.70. The Morgan fingerprint density at radius 1 is 1.15 bits per heavy atom. The quantitative estimate of drug-likeness (QED) is 0.805. The van der Waals surface area contributed by atoms with Crippen molar-refractivity contribution in [3.63, 3.8) is 0 Å². The third kappa shape index (κ3) is 4.23. The first kappa shape index (κ1) is 15.4. The monoisotopic (exact) mass is 353 g/mol. The molecule has 2 nitrogen and oxygen atoms in total. The molecule has 2 aromatic carbocycles. The second-order valence-corrected chi connectivity index (χ2v) is 5.73. The molecule has 20 heavy (non-hydrogen) atoms. The van der Waals surface area contributed by atoms with E-state index in [1.807, 2.05) is 42.5 Å². The van der Waals surface area contributed by atoms with Crippen molar-refractivity contribution >= 4 is 27.5 Å². The zero-order valence-electron chi connectivity index (χ0n) is 11.3. The lowest BCUT2D eigenvalue weighted by Crippen LogP contribution is -2.13. The lowest BCUT2D eigenvalue weighted by molar-refractivity contribution is 0.302. The molecule has 0 saturated carbocycles. The highest BCUT2D eigenvalue weighted by Gasteiger charge is 2.08. The van der Waals surface area contributed by atoms with E-state index >= 15 is 0 Å². The van der Waals surface area contributed by atoms with Crippen LogP contribution in [0.2, 0.25) is 5.02 Å². The Labute approximate surface area is 133 Å². The van der Waals surface area contributed by atoms with Crippen LogP contribution in [-0.2, 0) is 13.2 Å². The van der Waals surface area contributed by atoms with Gasteiger partial charge < -0.3 is 10.1 Å². The highest BCUT2D eigenvalue weighted by Crippen LogP contribution is 2.27. The number of ether oxygens (including phenoxy) is 1. The molecule has 0 spiro atoms. The van der Waals surface area contributed by atoms with Crippen LogP contribution >= 0.6 is 27.5 Å². The molecule has 106 valence electrons. The summed E-state index contributed by atoms with van der Waals surface area (Å²) in [5.74, 6) is 0.835. The summed E-state index contributed by atoms with van der Waals surface area (Å²) in [5.41, 5.74) is 2.13. The Bertz CT molecular complexity index is 557. The Kier molecular flexibility index (Phi) is 5.89. The van der Waals surface area contributed by atoms with Crippen LogP contribution in [-0.4, -0.2) is 6.54 Å². The van der Waals surface area contributed by atoms with Gasteiger partial charge in [0.25, 0.3) is 0 Å². The summed E-state index contributed by atoms with van der Waals surface area (Å²) in [4.78, 5) is 0. The average Bonchev–Trinajstić information content (AvgIpc) is 2.46. The zero-order valence-corrected chi connectivity index (χ0v) is 13.7. The molecule has 0 aliphatic heterocycles. The highest BCUT2D eigenvalue weighted by molar-refractivity contribution is 9.10. The minimum atomic E-state index is 0.534. The van der Waals surface area contributed by atoms with Gasteiger partial charge in [0.2, 0.25) is 0 Å². The molecule has 0 aliphatic rings. The van der Waals surface area contributed by atoms with Gasteiger partial charge in [-0.2, -0.15) is 0 Å². The van der Waals surface area contributed by atoms with Crippen molar-refractivity contribution in [3.8, 4) is 5.75 Å². The van der Waals surface area contributed by atoms with Crippen molar-refractivity contribution in [1.82, 2.24) is 5.32 Å². The fourth-order valence-electron chi connectivity index (χ4n) is 1.84. The van der Waals surface area contributed by atoms with E-state index in [0.29, 0.717) is 13.2 Å². The average molecular weight is 355 g/mol. The summed E-state index contributed by atoms with van der Waals surface area (Å²) in [6.45, 7) is 4.22. The SMILES string of the molecule is CCNCc1c(Cl)cccc1OCc1ccc(Br)cc1. The van der Waals surface area contributed by atoms with Crippen LogP contribution < -0.4 is 10.1 Å².